The van der Waals surface area contributed by atoms with Gasteiger partial charge >= 0.3 is 0 Å². The van der Waals surface area contributed by atoms with Gasteiger partial charge in [-0.1, -0.05) is 5.16 Å². The lowest BCUT2D eigenvalue weighted by Crippen LogP contribution is -2.42. The fourth-order valence-electron chi connectivity index (χ4n) is 3.47. The highest BCUT2D eigenvalue weighted by Gasteiger charge is 2.28. The van der Waals surface area contributed by atoms with Crippen LogP contribution in [0.5, 0.6) is 0 Å². The molecule has 2 fully saturated rings. The summed E-state index contributed by atoms with van der Waals surface area (Å²) in [5.74, 6) is 1.14. The van der Waals surface area contributed by atoms with Crippen LogP contribution in [0.3, 0.4) is 0 Å². The van der Waals surface area contributed by atoms with Gasteiger partial charge in [0.2, 0.25) is 11.7 Å². The van der Waals surface area contributed by atoms with Crippen molar-refractivity contribution in [3.05, 3.63) is 36.0 Å². The van der Waals surface area contributed by atoms with Gasteiger partial charge in [0.05, 0.1) is 18.6 Å². The largest absolute Gasteiger partial charge is 0.355 e. The van der Waals surface area contributed by atoms with E-state index < -0.39 is 0 Å². The second-order valence-corrected chi connectivity index (χ2v) is 6.67. The Balaban J connectivity index is 1.40. The Morgan fingerprint density at radius 1 is 1.20 bits per heavy atom. The van der Waals surface area contributed by atoms with Crippen molar-refractivity contribution in [3.8, 4) is 11.4 Å². The van der Waals surface area contributed by atoms with Gasteiger partial charge in [-0.2, -0.15) is 4.98 Å². The summed E-state index contributed by atoms with van der Waals surface area (Å²) >= 11 is 0. The average molecular weight is 347 g/mol. The van der Waals surface area contributed by atoms with Gasteiger partial charge in [0.15, 0.2) is 0 Å². The normalized spacial score (nSPS) is 25.2. The van der Waals surface area contributed by atoms with E-state index in [2.05, 4.69) is 15.0 Å². The van der Waals surface area contributed by atoms with Crippen molar-refractivity contribution >= 4 is 0 Å². The number of piperidine rings is 1. The summed E-state index contributed by atoms with van der Waals surface area (Å²) < 4.78 is 29.4. The molecule has 0 bridgehead atoms. The van der Waals surface area contributed by atoms with Gasteiger partial charge in [-0.3, -0.25) is 4.90 Å². The Morgan fingerprint density at radius 3 is 2.88 bits per heavy atom. The topological polar surface area (TPSA) is 60.6 Å². The summed E-state index contributed by atoms with van der Waals surface area (Å²) in [6, 6.07) is 6.14. The molecule has 0 spiro atoms. The van der Waals surface area contributed by atoms with Crippen LogP contribution in [0.25, 0.3) is 11.4 Å². The molecule has 2 atom stereocenters. The Bertz CT molecular complexity index is 685. The van der Waals surface area contributed by atoms with Gasteiger partial charge in [-0.15, -0.1) is 0 Å². The summed E-state index contributed by atoms with van der Waals surface area (Å²) in [7, 11) is 0. The second kappa shape index (κ2) is 7.59. The highest BCUT2D eigenvalue weighted by atomic mass is 19.1. The van der Waals surface area contributed by atoms with Crippen molar-refractivity contribution in [2.24, 2.45) is 0 Å². The second-order valence-electron chi connectivity index (χ2n) is 6.67. The van der Waals surface area contributed by atoms with E-state index in [4.69, 9.17) is 14.0 Å². The Kier molecular flexibility index (Phi) is 5.05. The predicted molar refractivity (Wildman–Crippen MR) is 88.4 cm³/mol. The lowest BCUT2D eigenvalue weighted by Gasteiger charge is -2.34. The van der Waals surface area contributed by atoms with E-state index in [9.17, 15) is 4.39 Å². The number of rotatable bonds is 4. The number of halogens is 1. The standard InChI is InChI=1S/C18H22FN3O3/c19-15-5-3-13(4-6-15)17-20-18(25-21-17)14-2-1-8-22(10-14)11-16-7-9-23-12-24-16/h3-6,14,16H,1-2,7-12H2/t14-,16+/m0/s1. The van der Waals surface area contributed by atoms with Crippen molar-refractivity contribution in [2.45, 2.75) is 31.3 Å². The lowest BCUT2D eigenvalue weighted by molar-refractivity contribution is -0.145. The molecule has 134 valence electrons. The molecule has 0 N–H and O–H groups in total. The number of benzene rings is 1. The third-order valence-corrected chi connectivity index (χ3v) is 4.83. The number of hydrogen-bond donors (Lipinski definition) is 0. The molecule has 2 saturated heterocycles. The van der Waals surface area contributed by atoms with Crippen molar-refractivity contribution in [1.29, 1.82) is 0 Å². The molecule has 0 unspecified atom stereocenters. The van der Waals surface area contributed by atoms with Crippen LogP contribution in [-0.2, 0) is 9.47 Å². The Hall–Kier alpha value is -1.83. The first kappa shape index (κ1) is 16.6. The number of ether oxygens (including phenoxy) is 2. The Labute approximate surface area is 145 Å². The molecule has 6 nitrogen and oxygen atoms in total. The first-order valence-corrected chi connectivity index (χ1v) is 8.79. The fourth-order valence-corrected chi connectivity index (χ4v) is 3.47. The number of aromatic nitrogens is 2. The van der Waals surface area contributed by atoms with E-state index >= 15 is 0 Å². The van der Waals surface area contributed by atoms with Crippen LogP contribution in [0.4, 0.5) is 4.39 Å². The molecular formula is C18H22FN3O3. The number of hydrogen-bond acceptors (Lipinski definition) is 6. The molecule has 25 heavy (non-hydrogen) atoms. The molecule has 0 amide bonds. The molecular weight excluding hydrogens is 325 g/mol. The smallest absolute Gasteiger partial charge is 0.231 e. The van der Waals surface area contributed by atoms with Crippen LogP contribution in [-0.4, -0.2) is 54.2 Å². The molecule has 0 aliphatic carbocycles. The maximum atomic E-state index is 13.0. The summed E-state index contributed by atoms with van der Waals surface area (Å²) in [6.45, 7) is 4.04. The summed E-state index contributed by atoms with van der Waals surface area (Å²) in [6.07, 6.45) is 3.32. The molecule has 1 aromatic carbocycles. The molecule has 2 aliphatic rings. The van der Waals surface area contributed by atoms with Gasteiger partial charge in [0.1, 0.15) is 12.6 Å². The molecule has 3 heterocycles. The minimum atomic E-state index is -0.272. The predicted octanol–water partition coefficient (Wildman–Crippen LogP) is 2.82. The van der Waals surface area contributed by atoms with Crippen LogP contribution in [0.1, 0.15) is 31.1 Å². The molecule has 0 radical (unpaired) electrons. The van der Waals surface area contributed by atoms with Crippen molar-refractivity contribution in [1.82, 2.24) is 15.0 Å². The van der Waals surface area contributed by atoms with E-state index in [1.165, 1.54) is 12.1 Å². The number of nitrogens with zero attached hydrogens (tertiary/aromatic N) is 3. The highest BCUT2D eigenvalue weighted by molar-refractivity contribution is 5.53. The molecule has 1 aromatic heterocycles. The SMILES string of the molecule is Fc1ccc(-c2noc([C@H]3CCCN(C[C@H]4CCOCO4)C3)n2)cc1. The van der Waals surface area contributed by atoms with Gasteiger partial charge in [0, 0.05) is 18.7 Å². The maximum Gasteiger partial charge on any atom is 0.231 e. The summed E-state index contributed by atoms with van der Waals surface area (Å²) in [5, 5.41) is 4.06. The van der Waals surface area contributed by atoms with Crippen molar-refractivity contribution in [3.63, 3.8) is 0 Å². The molecule has 7 heteroatoms. The van der Waals surface area contributed by atoms with E-state index in [0.717, 1.165) is 51.1 Å². The van der Waals surface area contributed by atoms with Crippen LogP contribution in [0.2, 0.25) is 0 Å². The molecule has 0 saturated carbocycles. The zero-order valence-electron chi connectivity index (χ0n) is 14.1. The van der Waals surface area contributed by atoms with E-state index in [-0.39, 0.29) is 17.8 Å². The average Bonchev–Trinajstić information content (AvgIpc) is 3.14. The van der Waals surface area contributed by atoms with Crippen LogP contribution >= 0.6 is 0 Å². The Morgan fingerprint density at radius 2 is 2.08 bits per heavy atom. The van der Waals surface area contributed by atoms with E-state index in [0.29, 0.717) is 18.5 Å². The highest BCUT2D eigenvalue weighted by Crippen LogP contribution is 2.28. The quantitative estimate of drug-likeness (QED) is 0.848. The summed E-state index contributed by atoms with van der Waals surface area (Å²) in [5.41, 5.74) is 0.764. The fraction of sp³-hybridized carbons (Fsp3) is 0.556. The zero-order valence-corrected chi connectivity index (χ0v) is 14.1. The molecule has 4 rings (SSSR count). The van der Waals surface area contributed by atoms with Crippen molar-refractivity contribution in [2.75, 3.05) is 33.0 Å². The first-order valence-electron chi connectivity index (χ1n) is 8.79. The van der Waals surface area contributed by atoms with Gasteiger partial charge in [-0.25, -0.2) is 4.39 Å². The molecule has 2 aromatic rings. The van der Waals surface area contributed by atoms with Crippen LogP contribution in [0, 0.1) is 5.82 Å². The number of likely N-dealkylation sites (tertiary alicyclic amines) is 1. The van der Waals surface area contributed by atoms with Crippen molar-refractivity contribution < 1.29 is 18.4 Å². The van der Waals surface area contributed by atoms with Crippen LogP contribution < -0.4 is 0 Å². The lowest BCUT2D eigenvalue weighted by atomic mass is 9.97. The maximum absolute atomic E-state index is 13.0. The third-order valence-electron chi connectivity index (χ3n) is 4.83. The minimum absolute atomic E-state index is 0.232. The zero-order chi connectivity index (χ0) is 17.1. The van der Waals surface area contributed by atoms with Gasteiger partial charge < -0.3 is 14.0 Å². The molecule has 2 aliphatic heterocycles. The van der Waals surface area contributed by atoms with Gasteiger partial charge in [-0.05, 0) is 50.1 Å². The summed E-state index contributed by atoms with van der Waals surface area (Å²) in [4.78, 5) is 6.95. The van der Waals surface area contributed by atoms with Crippen LogP contribution in [0.15, 0.2) is 28.8 Å². The third kappa shape index (κ3) is 4.05. The first-order chi connectivity index (χ1) is 12.3. The minimum Gasteiger partial charge on any atom is -0.355 e. The van der Waals surface area contributed by atoms with E-state index in [1.807, 2.05) is 0 Å². The van der Waals surface area contributed by atoms with E-state index in [1.54, 1.807) is 12.1 Å². The monoisotopic (exact) mass is 347 g/mol. The van der Waals surface area contributed by atoms with Gasteiger partial charge in [0.25, 0.3) is 0 Å².